The summed E-state index contributed by atoms with van der Waals surface area (Å²) in [4.78, 5) is 4.39. The van der Waals surface area contributed by atoms with E-state index in [-0.39, 0.29) is 0 Å². The zero-order valence-electron chi connectivity index (χ0n) is 5.92. The lowest BCUT2D eigenvalue weighted by Gasteiger charge is -2.25. The first kappa shape index (κ1) is 6.31. The molecule has 1 N–H and O–H groups in total. The Kier molecular flexibility index (Phi) is 1.47. The van der Waals surface area contributed by atoms with Gasteiger partial charge in [0.15, 0.2) is 0 Å². The average molecular weight is 154 g/mol. The number of hydrogen-bond acceptors (Lipinski definition) is 3. The van der Waals surface area contributed by atoms with Gasteiger partial charge in [0.2, 0.25) is 0 Å². The van der Waals surface area contributed by atoms with E-state index in [1.54, 1.807) is 11.3 Å². The highest BCUT2D eigenvalue weighted by atomic mass is 32.1. The van der Waals surface area contributed by atoms with E-state index in [1.807, 2.05) is 6.92 Å². The smallest absolute Gasteiger partial charge is 0.0898 e. The quantitative estimate of drug-likeness (QED) is 0.663. The van der Waals surface area contributed by atoms with Crippen LogP contribution in [0.15, 0.2) is 5.38 Å². The molecule has 3 heteroatoms. The van der Waals surface area contributed by atoms with Gasteiger partial charge in [-0.15, -0.1) is 11.3 Å². The number of rotatable bonds is 1. The van der Waals surface area contributed by atoms with Gasteiger partial charge >= 0.3 is 0 Å². The molecule has 54 valence electrons. The van der Waals surface area contributed by atoms with E-state index >= 15 is 0 Å². The van der Waals surface area contributed by atoms with E-state index in [0.717, 1.165) is 6.54 Å². The summed E-state index contributed by atoms with van der Waals surface area (Å²) in [5.41, 5.74) is 1.23. The molecule has 1 atom stereocenters. The number of hydrogen-bond donors (Lipinski definition) is 1. The lowest BCUT2D eigenvalue weighted by molar-refractivity contribution is 0.376. The first-order valence-corrected chi connectivity index (χ1v) is 4.39. The first-order valence-electron chi connectivity index (χ1n) is 3.51. The van der Waals surface area contributed by atoms with Crippen molar-refractivity contribution >= 4 is 11.3 Å². The number of thiazole rings is 1. The Morgan fingerprint density at radius 1 is 1.80 bits per heavy atom. The molecule has 1 aromatic heterocycles. The Balaban J connectivity index is 2.17. The SMILES string of the molecule is Cc1nc([C@@H]2CCN2)cs1. The van der Waals surface area contributed by atoms with Crippen LogP contribution in [-0.2, 0) is 0 Å². The number of nitrogens with one attached hydrogen (secondary N) is 1. The molecule has 0 aromatic carbocycles. The van der Waals surface area contributed by atoms with E-state index in [2.05, 4.69) is 15.7 Å². The maximum Gasteiger partial charge on any atom is 0.0898 e. The highest BCUT2D eigenvalue weighted by molar-refractivity contribution is 7.09. The minimum atomic E-state index is 0.560. The first-order chi connectivity index (χ1) is 4.86. The van der Waals surface area contributed by atoms with Crippen molar-refractivity contribution < 1.29 is 0 Å². The van der Waals surface area contributed by atoms with Gasteiger partial charge in [0.1, 0.15) is 0 Å². The summed E-state index contributed by atoms with van der Waals surface area (Å²) in [7, 11) is 0. The molecule has 1 saturated heterocycles. The van der Waals surface area contributed by atoms with Gasteiger partial charge in [0.05, 0.1) is 16.7 Å². The van der Waals surface area contributed by atoms with E-state index in [1.165, 1.54) is 17.1 Å². The zero-order valence-corrected chi connectivity index (χ0v) is 6.74. The fourth-order valence-electron chi connectivity index (χ4n) is 1.08. The maximum absolute atomic E-state index is 4.39. The minimum Gasteiger partial charge on any atom is -0.308 e. The summed E-state index contributed by atoms with van der Waals surface area (Å²) in [6, 6.07) is 0.560. The largest absolute Gasteiger partial charge is 0.308 e. The van der Waals surface area contributed by atoms with Gasteiger partial charge in [-0.05, 0) is 19.9 Å². The van der Waals surface area contributed by atoms with E-state index in [9.17, 15) is 0 Å². The number of aromatic nitrogens is 1. The Morgan fingerprint density at radius 3 is 3.00 bits per heavy atom. The third kappa shape index (κ3) is 0.954. The molecule has 0 unspecified atom stereocenters. The molecule has 10 heavy (non-hydrogen) atoms. The summed E-state index contributed by atoms with van der Waals surface area (Å²) in [5, 5.41) is 6.63. The highest BCUT2D eigenvalue weighted by Crippen LogP contribution is 2.23. The van der Waals surface area contributed by atoms with Crippen molar-refractivity contribution in [2.24, 2.45) is 0 Å². The summed E-state index contributed by atoms with van der Waals surface area (Å²) in [5.74, 6) is 0. The molecule has 1 aliphatic rings. The zero-order chi connectivity index (χ0) is 6.97. The van der Waals surface area contributed by atoms with Crippen LogP contribution in [0.25, 0.3) is 0 Å². The van der Waals surface area contributed by atoms with E-state index in [4.69, 9.17) is 0 Å². The van der Waals surface area contributed by atoms with Crippen LogP contribution in [-0.4, -0.2) is 11.5 Å². The molecular weight excluding hydrogens is 144 g/mol. The van der Waals surface area contributed by atoms with Crippen LogP contribution in [0.1, 0.15) is 23.2 Å². The van der Waals surface area contributed by atoms with Gasteiger partial charge in [-0.3, -0.25) is 0 Å². The molecule has 1 fully saturated rings. The second-order valence-electron chi connectivity index (χ2n) is 2.59. The molecule has 2 rings (SSSR count). The van der Waals surface area contributed by atoms with Crippen molar-refractivity contribution in [3.05, 3.63) is 16.1 Å². The van der Waals surface area contributed by atoms with Crippen molar-refractivity contribution in [1.82, 2.24) is 10.3 Å². The van der Waals surface area contributed by atoms with Crippen LogP contribution < -0.4 is 5.32 Å². The van der Waals surface area contributed by atoms with Crippen LogP contribution in [0.4, 0.5) is 0 Å². The predicted molar refractivity (Wildman–Crippen MR) is 42.2 cm³/mol. The van der Waals surface area contributed by atoms with Gasteiger partial charge in [-0.2, -0.15) is 0 Å². The summed E-state index contributed by atoms with van der Waals surface area (Å²) < 4.78 is 0. The van der Waals surface area contributed by atoms with Gasteiger partial charge in [-0.1, -0.05) is 0 Å². The van der Waals surface area contributed by atoms with Crippen LogP contribution >= 0.6 is 11.3 Å². The van der Waals surface area contributed by atoms with E-state index in [0.29, 0.717) is 6.04 Å². The van der Waals surface area contributed by atoms with Crippen molar-refractivity contribution in [1.29, 1.82) is 0 Å². The molecule has 0 amide bonds. The van der Waals surface area contributed by atoms with Crippen molar-refractivity contribution in [3.8, 4) is 0 Å². The highest BCUT2D eigenvalue weighted by Gasteiger charge is 2.20. The Hall–Kier alpha value is -0.410. The molecule has 2 heterocycles. The fraction of sp³-hybridized carbons (Fsp3) is 0.571. The Labute approximate surface area is 64.3 Å². The second-order valence-corrected chi connectivity index (χ2v) is 3.65. The molecule has 0 saturated carbocycles. The fourth-order valence-corrected chi connectivity index (χ4v) is 1.75. The molecule has 0 aliphatic carbocycles. The Bertz CT molecular complexity index is 227. The summed E-state index contributed by atoms with van der Waals surface area (Å²) in [6.45, 7) is 3.20. The van der Waals surface area contributed by atoms with Crippen LogP contribution in [0, 0.1) is 6.92 Å². The van der Waals surface area contributed by atoms with Crippen LogP contribution in [0.3, 0.4) is 0 Å². The van der Waals surface area contributed by atoms with Crippen molar-refractivity contribution in [2.75, 3.05) is 6.54 Å². The molecule has 0 radical (unpaired) electrons. The standard InChI is InChI=1S/C7H10N2S/c1-5-9-7(4-10-5)6-2-3-8-6/h4,6,8H,2-3H2,1H3/t6-/m0/s1. The number of aryl methyl sites for hydroxylation is 1. The molecule has 2 nitrogen and oxygen atoms in total. The van der Waals surface area contributed by atoms with Crippen LogP contribution in [0.5, 0.6) is 0 Å². The lowest BCUT2D eigenvalue weighted by atomic mass is 10.1. The summed E-state index contributed by atoms with van der Waals surface area (Å²) >= 11 is 1.73. The van der Waals surface area contributed by atoms with Gasteiger partial charge in [0.25, 0.3) is 0 Å². The van der Waals surface area contributed by atoms with Gasteiger partial charge in [0, 0.05) is 5.38 Å². The molecule has 1 aliphatic heterocycles. The lowest BCUT2D eigenvalue weighted by Crippen LogP contribution is -2.35. The van der Waals surface area contributed by atoms with Gasteiger partial charge in [-0.25, -0.2) is 4.98 Å². The molecule has 0 spiro atoms. The van der Waals surface area contributed by atoms with E-state index < -0.39 is 0 Å². The van der Waals surface area contributed by atoms with Crippen molar-refractivity contribution in [3.63, 3.8) is 0 Å². The average Bonchev–Trinajstić information content (AvgIpc) is 2.10. The molecule has 0 bridgehead atoms. The second kappa shape index (κ2) is 2.32. The maximum atomic E-state index is 4.39. The Morgan fingerprint density at radius 2 is 2.60 bits per heavy atom. The van der Waals surface area contributed by atoms with Crippen LogP contribution in [0.2, 0.25) is 0 Å². The van der Waals surface area contributed by atoms with Crippen molar-refractivity contribution in [2.45, 2.75) is 19.4 Å². The number of nitrogens with zero attached hydrogens (tertiary/aromatic N) is 1. The minimum absolute atomic E-state index is 0.560. The third-order valence-corrected chi connectivity index (χ3v) is 2.61. The topological polar surface area (TPSA) is 24.9 Å². The van der Waals surface area contributed by atoms with Gasteiger partial charge < -0.3 is 5.32 Å². The third-order valence-electron chi connectivity index (χ3n) is 1.82. The normalized spacial score (nSPS) is 24.3. The monoisotopic (exact) mass is 154 g/mol. The molecule has 1 aromatic rings. The predicted octanol–water partition coefficient (Wildman–Crippen LogP) is 1.49. The molecular formula is C7H10N2S. The summed E-state index contributed by atoms with van der Waals surface area (Å²) in [6.07, 6.45) is 1.25.